The van der Waals surface area contributed by atoms with E-state index >= 15 is 0 Å². The molecule has 1 rings (SSSR count). The zero-order chi connectivity index (χ0) is 12.7. The van der Waals surface area contributed by atoms with E-state index in [2.05, 4.69) is 0 Å². The summed E-state index contributed by atoms with van der Waals surface area (Å²) in [4.78, 5) is 23.3. The molecule has 0 aliphatic heterocycles. The molecule has 0 saturated carbocycles. The van der Waals surface area contributed by atoms with Gasteiger partial charge in [-0.2, -0.15) is 5.26 Å². The minimum Gasteiger partial charge on any atom is -0.295 e. The van der Waals surface area contributed by atoms with Crippen molar-refractivity contribution in [3.8, 4) is 6.07 Å². The third kappa shape index (κ3) is 3.69. The lowest BCUT2D eigenvalue weighted by molar-refractivity contribution is -0.115. The molecule has 0 radical (unpaired) electrons. The van der Waals surface area contributed by atoms with Gasteiger partial charge in [0.05, 0.1) is 6.07 Å². The maximum Gasteiger partial charge on any atom is 0.180 e. The molecule has 0 spiro atoms. The first-order chi connectivity index (χ1) is 8.19. The summed E-state index contributed by atoms with van der Waals surface area (Å²) in [6, 6.07) is 10.4. The van der Waals surface area contributed by atoms with Crippen molar-refractivity contribution in [3.63, 3.8) is 0 Å². The molecule has 0 fully saturated rings. The summed E-state index contributed by atoms with van der Waals surface area (Å²) in [5.74, 6) is -1.41. The van der Waals surface area contributed by atoms with E-state index in [1.165, 1.54) is 6.08 Å². The Morgan fingerprint density at radius 1 is 1.35 bits per heavy atom. The molecule has 1 atom stereocenters. The first-order valence-electron chi connectivity index (χ1n) is 5.33. The molecule has 0 aromatic heterocycles. The summed E-state index contributed by atoms with van der Waals surface area (Å²) < 4.78 is 0. The SMILES string of the molecule is C/C=C/C(=O)CC(C#N)C(=O)c1ccccc1. The highest BCUT2D eigenvalue weighted by atomic mass is 16.1. The van der Waals surface area contributed by atoms with E-state index < -0.39 is 5.92 Å². The number of rotatable bonds is 5. The highest BCUT2D eigenvalue weighted by Crippen LogP contribution is 2.12. The van der Waals surface area contributed by atoms with Crippen molar-refractivity contribution in [1.82, 2.24) is 0 Å². The largest absolute Gasteiger partial charge is 0.295 e. The Morgan fingerprint density at radius 2 is 2.00 bits per heavy atom. The van der Waals surface area contributed by atoms with Gasteiger partial charge in [-0.3, -0.25) is 9.59 Å². The van der Waals surface area contributed by atoms with Gasteiger partial charge in [0, 0.05) is 12.0 Å². The molecule has 0 heterocycles. The number of Topliss-reactive ketones (excluding diaryl/α,β-unsaturated/α-hetero) is 1. The van der Waals surface area contributed by atoms with Crippen LogP contribution in [0.2, 0.25) is 0 Å². The molecule has 0 aliphatic carbocycles. The van der Waals surface area contributed by atoms with Crippen molar-refractivity contribution in [2.24, 2.45) is 5.92 Å². The Bertz CT molecular complexity index is 469. The van der Waals surface area contributed by atoms with E-state index in [0.29, 0.717) is 5.56 Å². The highest BCUT2D eigenvalue weighted by Gasteiger charge is 2.21. The van der Waals surface area contributed by atoms with Crippen LogP contribution in [0.25, 0.3) is 0 Å². The summed E-state index contributed by atoms with van der Waals surface area (Å²) in [7, 11) is 0. The lowest BCUT2D eigenvalue weighted by atomic mass is 9.94. The van der Waals surface area contributed by atoms with E-state index in [1.54, 1.807) is 43.3 Å². The Hall–Kier alpha value is -2.21. The molecule has 17 heavy (non-hydrogen) atoms. The van der Waals surface area contributed by atoms with Crippen LogP contribution in [0, 0.1) is 17.2 Å². The van der Waals surface area contributed by atoms with Gasteiger partial charge in [-0.15, -0.1) is 0 Å². The fourth-order valence-corrected chi connectivity index (χ4v) is 1.46. The van der Waals surface area contributed by atoms with Crippen LogP contribution in [-0.4, -0.2) is 11.6 Å². The zero-order valence-corrected chi connectivity index (χ0v) is 9.59. The minimum absolute atomic E-state index is 0.0609. The summed E-state index contributed by atoms with van der Waals surface area (Å²) in [6.07, 6.45) is 2.92. The first-order valence-corrected chi connectivity index (χ1v) is 5.33. The smallest absolute Gasteiger partial charge is 0.180 e. The third-order valence-corrected chi connectivity index (χ3v) is 2.29. The zero-order valence-electron chi connectivity index (χ0n) is 9.59. The third-order valence-electron chi connectivity index (χ3n) is 2.29. The van der Waals surface area contributed by atoms with Crippen LogP contribution < -0.4 is 0 Å². The normalized spacial score (nSPS) is 12.0. The lowest BCUT2D eigenvalue weighted by Crippen LogP contribution is -2.16. The van der Waals surface area contributed by atoms with E-state index in [0.717, 1.165) is 0 Å². The van der Waals surface area contributed by atoms with Gasteiger partial charge in [0.25, 0.3) is 0 Å². The highest BCUT2D eigenvalue weighted by molar-refractivity contribution is 6.02. The molecule has 1 aromatic rings. The quantitative estimate of drug-likeness (QED) is 0.573. The van der Waals surface area contributed by atoms with Gasteiger partial charge in [0.2, 0.25) is 0 Å². The van der Waals surface area contributed by atoms with E-state index in [-0.39, 0.29) is 18.0 Å². The molecule has 0 saturated heterocycles. The number of carbonyl (C=O) groups excluding carboxylic acids is 2. The maximum absolute atomic E-state index is 11.9. The van der Waals surface area contributed by atoms with Gasteiger partial charge >= 0.3 is 0 Å². The Morgan fingerprint density at radius 3 is 2.53 bits per heavy atom. The summed E-state index contributed by atoms with van der Waals surface area (Å²) in [5.41, 5.74) is 0.465. The molecule has 0 N–H and O–H groups in total. The van der Waals surface area contributed by atoms with Crippen molar-refractivity contribution >= 4 is 11.6 Å². The number of allylic oxidation sites excluding steroid dienone is 2. The van der Waals surface area contributed by atoms with Crippen LogP contribution in [-0.2, 0) is 4.79 Å². The fourth-order valence-electron chi connectivity index (χ4n) is 1.46. The number of nitrogens with zero attached hydrogens (tertiary/aromatic N) is 1. The second kappa shape index (κ2) is 6.39. The first kappa shape index (κ1) is 12.9. The number of nitriles is 1. The van der Waals surface area contributed by atoms with E-state index in [4.69, 9.17) is 5.26 Å². The molecule has 0 aliphatic rings. The maximum atomic E-state index is 11.9. The Labute approximate surface area is 100 Å². The molecular weight excluding hydrogens is 214 g/mol. The van der Waals surface area contributed by atoms with Crippen LogP contribution in [0.5, 0.6) is 0 Å². The predicted octanol–water partition coefficient (Wildman–Crippen LogP) is 2.54. The monoisotopic (exact) mass is 227 g/mol. The predicted molar refractivity (Wildman–Crippen MR) is 64.3 cm³/mol. The molecular formula is C14H13NO2. The van der Waals surface area contributed by atoms with Crippen LogP contribution in [0.1, 0.15) is 23.7 Å². The van der Waals surface area contributed by atoms with E-state index in [1.807, 2.05) is 6.07 Å². The number of hydrogen-bond donors (Lipinski definition) is 0. The van der Waals surface area contributed by atoms with Crippen LogP contribution >= 0.6 is 0 Å². The van der Waals surface area contributed by atoms with Crippen molar-refractivity contribution in [2.45, 2.75) is 13.3 Å². The Balaban J connectivity index is 2.79. The lowest BCUT2D eigenvalue weighted by Gasteiger charge is -2.05. The summed E-state index contributed by atoms with van der Waals surface area (Å²) >= 11 is 0. The van der Waals surface area contributed by atoms with Crippen LogP contribution in [0.3, 0.4) is 0 Å². The second-order valence-corrected chi connectivity index (χ2v) is 3.58. The average Bonchev–Trinajstić information content (AvgIpc) is 2.36. The molecule has 0 bridgehead atoms. The van der Waals surface area contributed by atoms with Crippen molar-refractivity contribution in [2.75, 3.05) is 0 Å². The average molecular weight is 227 g/mol. The number of hydrogen-bond acceptors (Lipinski definition) is 3. The molecule has 1 aromatic carbocycles. The molecule has 3 heteroatoms. The Kier molecular flexibility index (Phi) is 4.83. The topological polar surface area (TPSA) is 57.9 Å². The van der Waals surface area contributed by atoms with Gasteiger partial charge in [-0.25, -0.2) is 0 Å². The molecule has 86 valence electrons. The molecule has 1 unspecified atom stereocenters. The molecule has 0 amide bonds. The van der Waals surface area contributed by atoms with Crippen molar-refractivity contribution < 1.29 is 9.59 Å². The van der Waals surface area contributed by atoms with Gasteiger partial charge in [0.15, 0.2) is 11.6 Å². The standard InChI is InChI=1S/C14H13NO2/c1-2-6-13(16)9-12(10-15)14(17)11-7-4-3-5-8-11/h2-8,12H,9H2,1H3/b6-2+. The van der Waals surface area contributed by atoms with Crippen LogP contribution in [0.15, 0.2) is 42.5 Å². The van der Waals surface area contributed by atoms with E-state index in [9.17, 15) is 9.59 Å². The van der Waals surface area contributed by atoms with Gasteiger partial charge in [-0.1, -0.05) is 36.4 Å². The van der Waals surface area contributed by atoms with Crippen molar-refractivity contribution in [1.29, 1.82) is 5.26 Å². The fraction of sp³-hybridized carbons (Fsp3) is 0.214. The number of ketones is 2. The molecule has 3 nitrogen and oxygen atoms in total. The number of benzene rings is 1. The van der Waals surface area contributed by atoms with Gasteiger partial charge in [-0.05, 0) is 13.0 Å². The van der Waals surface area contributed by atoms with Crippen LogP contribution in [0.4, 0.5) is 0 Å². The minimum atomic E-state index is -0.902. The number of carbonyl (C=O) groups is 2. The summed E-state index contributed by atoms with van der Waals surface area (Å²) in [5, 5.41) is 8.93. The van der Waals surface area contributed by atoms with Gasteiger partial charge < -0.3 is 0 Å². The van der Waals surface area contributed by atoms with Gasteiger partial charge in [0.1, 0.15) is 5.92 Å². The van der Waals surface area contributed by atoms with Crippen molar-refractivity contribution in [3.05, 3.63) is 48.0 Å². The summed E-state index contributed by atoms with van der Waals surface area (Å²) in [6.45, 7) is 1.72. The second-order valence-electron chi connectivity index (χ2n) is 3.58.